The lowest BCUT2D eigenvalue weighted by Crippen LogP contribution is -2.38. The van der Waals surface area contributed by atoms with E-state index in [2.05, 4.69) is 26.1 Å². The fraction of sp³-hybridized carbons (Fsp3) is 1.00. The highest BCUT2D eigenvalue weighted by atomic mass is 16.5. The molecular formula is C8H22N2O2. The maximum atomic E-state index is 8.38. The van der Waals surface area contributed by atoms with E-state index in [1.165, 1.54) is 0 Å². The van der Waals surface area contributed by atoms with E-state index in [9.17, 15) is 0 Å². The summed E-state index contributed by atoms with van der Waals surface area (Å²) in [5, 5.41) is 11.7. The summed E-state index contributed by atoms with van der Waals surface area (Å²) in [4.78, 5) is 0. The molecule has 5 N–H and O–H groups in total. The molecule has 0 saturated heterocycles. The summed E-state index contributed by atoms with van der Waals surface area (Å²) in [6, 6.07) is 0. The van der Waals surface area contributed by atoms with E-state index >= 15 is 0 Å². The van der Waals surface area contributed by atoms with Gasteiger partial charge >= 0.3 is 0 Å². The summed E-state index contributed by atoms with van der Waals surface area (Å²) in [6.45, 7) is 8.37. The van der Waals surface area contributed by atoms with Gasteiger partial charge in [-0.2, -0.15) is 0 Å². The number of aliphatic hydroxyl groups excluding tert-OH is 1. The largest absolute Gasteiger partial charge is 0.394 e. The topological polar surface area (TPSA) is 76.5 Å². The fourth-order valence-corrected chi connectivity index (χ4v) is 0.665. The van der Waals surface area contributed by atoms with Crippen LogP contribution in [0.25, 0.3) is 0 Å². The quantitative estimate of drug-likeness (QED) is 0.537. The molecule has 0 aliphatic heterocycles. The Hall–Kier alpha value is -0.160. The standard InChI is InChI=1S/C8H19NO2.H3N/c1-8(2,3)9-4-6-11-7-5-10;/h9-10H,4-7H2,1-3H3;1H3. The van der Waals surface area contributed by atoms with Crippen LogP contribution in [0, 0.1) is 0 Å². The van der Waals surface area contributed by atoms with Gasteiger partial charge in [-0.05, 0) is 20.8 Å². The number of rotatable bonds is 5. The Bertz CT molecular complexity index is 91.5. The molecule has 76 valence electrons. The van der Waals surface area contributed by atoms with Crippen molar-refractivity contribution in [2.24, 2.45) is 0 Å². The van der Waals surface area contributed by atoms with Crippen LogP contribution < -0.4 is 11.5 Å². The Balaban J connectivity index is 0. The second kappa shape index (κ2) is 7.49. The molecule has 0 bridgehead atoms. The lowest BCUT2D eigenvalue weighted by atomic mass is 10.1. The predicted molar refractivity (Wildman–Crippen MR) is 50.7 cm³/mol. The smallest absolute Gasteiger partial charge is 0.0698 e. The van der Waals surface area contributed by atoms with Gasteiger partial charge in [0, 0.05) is 12.1 Å². The molecule has 0 rings (SSSR count). The molecule has 4 heteroatoms. The minimum absolute atomic E-state index is 0. The first kappa shape index (κ1) is 14.4. The van der Waals surface area contributed by atoms with Crippen molar-refractivity contribution in [3.05, 3.63) is 0 Å². The summed E-state index contributed by atoms with van der Waals surface area (Å²) in [7, 11) is 0. The average Bonchev–Trinajstić information content (AvgIpc) is 1.85. The van der Waals surface area contributed by atoms with E-state index in [1.54, 1.807) is 0 Å². The molecule has 0 spiro atoms. The van der Waals surface area contributed by atoms with Crippen LogP contribution in [0.4, 0.5) is 0 Å². The van der Waals surface area contributed by atoms with Crippen LogP contribution in [0.1, 0.15) is 20.8 Å². The van der Waals surface area contributed by atoms with E-state index in [0.29, 0.717) is 13.2 Å². The third kappa shape index (κ3) is 12.5. The van der Waals surface area contributed by atoms with E-state index in [-0.39, 0.29) is 18.3 Å². The predicted octanol–water partition coefficient (Wildman–Crippen LogP) is 0.545. The zero-order valence-electron chi connectivity index (χ0n) is 8.39. The lowest BCUT2D eigenvalue weighted by molar-refractivity contribution is 0.0910. The van der Waals surface area contributed by atoms with Gasteiger partial charge in [-0.15, -0.1) is 0 Å². The van der Waals surface area contributed by atoms with E-state index in [0.717, 1.165) is 6.54 Å². The normalized spacial score (nSPS) is 11.0. The highest BCUT2D eigenvalue weighted by Gasteiger charge is 2.06. The van der Waals surface area contributed by atoms with Crippen LogP contribution in [0.3, 0.4) is 0 Å². The van der Waals surface area contributed by atoms with Gasteiger partial charge in [0.05, 0.1) is 19.8 Å². The molecule has 0 aromatic rings. The third-order valence-corrected chi connectivity index (χ3v) is 1.14. The molecule has 0 aliphatic rings. The molecule has 12 heavy (non-hydrogen) atoms. The van der Waals surface area contributed by atoms with E-state index in [1.807, 2.05) is 0 Å². The van der Waals surface area contributed by atoms with Gasteiger partial charge < -0.3 is 21.3 Å². The van der Waals surface area contributed by atoms with Crippen LogP contribution in [0.2, 0.25) is 0 Å². The Morgan fingerprint density at radius 1 is 1.25 bits per heavy atom. The minimum Gasteiger partial charge on any atom is -0.394 e. The Morgan fingerprint density at radius 2 is 1.83 bits per heavy atom. The second-order valence-electron chi connectivity index (χ2n) is 3.51. The van der Waals surface area contributed by atoms with Gasteiger partial charge in [0.1, 0.15) is 0 Å². The number of ether oxygens (including phenoxy) is 1. The van der Waals surface area contributed by atoms with Gasteiger partial charge in [-0.3, -0.25) is 0 Å². The monoisotopic (exact) mass is 178 g/mol. The molecule has 4 nitrogen and oxygen atoms in total. The first-order chi connectivity index (χ1) is 5.06. The molecule has 0 atom stereocenters. The lowest BCUT2D eigenvalue weighted by Gasteiger charge is -2.20. The van der Waals surface area contributed by atoms with Gasteiger partial charge in [-0.1, -0.05) is 0 Å². The molecule has 0 radical (unpaired) electrons. The van der Waals surface area contributed by atoms with Crippen molar-refractivity contribution >= 4 is 0 Å². The first-order valence-corrected chi connectivity index (χ1v) is 4.00. The molecule has 0 amide bonds. The van der Waals surface area contributed by atoms with Crippen molar-refractivity contribution in [2.45, 2.75) is 26.3 Å². The summed E-state index contributed by atoms with van der Waals surface area (Å²) in [5.41, 5.74) is 0.155. The Labute approximate surface area is 74.9 Å². The molecule has 0 heterocycles. The van der Waals surface area contributed by atoms with Gasteiger partial charge in [0.2, 0.25) is 0 Å². The van der Waals surface area contributed by atoms with Crippen molar-refractivity contribution in [3.8, 4) is 0 Å². The van der Waals surface area contributed by atoms with Crippen LogP contribution in [-0.2, 0) is 4.74 Å². The third-order valence-electron chi connectivity index (χ3n) is 1.14. The SMILES string of the molecule is CC(C)(C)NCCOCCO.N. The molecule has 0 saturated carbocycles. The van der Waals surface area contributed by atoms with Gasteiger partial charge in [0.25, 0.3) is 0 Å². The summed E-state index contributed by atoms with van der Waals surface area (Å²) >= 11 is 0. The number of nitrogens with one attached hydrogen (secondary N) is 1. The first-order valence-electron chi connectivity index (χ1n) is 4.00. The zero-order valence-corrected chi connectivity index (χ0v) is 8.39. The van der Waals surface area contributed by atoms with Crippen molar-refractivity contribution < 1.29 is 9.84 Å². The van der Waals surface area contributed by atoms with Crippen molar-refractivity contribution in [2.75, 3.05) is 26.4 Å². The Kier molecular flexibility index (Phi) is 8.97. The average molecular weight is 178 g/mol. The molecule has 0 aromatic heterocycles. The number of aliphatic hydroxyl groups is 1. The summed E-state index contributed by atoms with van der Waals surface area (Å²) in [5.74, 6) is 0. The summed E-state index contributed by atoms with van der Waals surface area (Å²) < 4.78 is 5.07. The number of hydrogen-bond donors (Lipinski definition) is 3. The second-order valence-corrected chi connectivity index (χ2v) is 3.51. The molecule has 0 aliphatic carbocycles. The fourth-order valence-electron chi connectivity index (χ4n) is 0.665. The van der Waals surface area contributed by atoms with Gasteiger partial charge in [0.15, 0.2) is 0 Å². The highest BCUT2D eigenvalue weighted by Crippen LogP contribution is 1.96. The Morgan fingerprint density at radius 3 is 2.25 bits per heavy atom. The van der Waals surface area contributed by atoms with Gasteiger partial charge in [-0.25, -0.2) is 0 Å². The summed E-state index contributed by atoms with van der Waals surface area (Å²) in [6.07, 6.45) is 0. The molecule has 0 unspecified atom stereocenters. The van der Waals surface area contributed by atoms with Crippen LogP contribution in [0.5, 0.6) is 0 Å². The number of hydrogen-bond acceptors (Lipinski definition) is 4. The minimum atomic E-state index is 0. The van der Waals surface area contributed by atoms with E-state index in [4.69, 9.17) is 9.84 Å². The zero-order chi connectivity index (χ0) is 8.74. The van der Waals surface area contributed by atoms with Crippen LogP contribution in [-0.4, -0.2) is 37.0 Å². The van der Waals surface area contributed by atoms with Crippen molar-refractivity contribution in [3.63, 3.8) is 0 Å². The highest BCUT2D eigenvalue weighted by molar-refractivity contribution is 4.69. The molecule has 0 aromatic carbocycles. The maximum Gasteiger partial charge on any atom is 0.0698 e. The van der Waals surface area contributed by atoms with Crippen molar-refractivity contribution in [1.82, 2.24) is 11.5 Å². The molecular weight excluding hydrogens is 156 g/mol. The van der Waals surface area contributed by atoms with Crippen LogP contribution >= 0.6 is 0 Å². The molecule has 0 fully saturated rings. The van der Waals surface area contributed by atoms with E-state index < -0.39 is 0 Å². The van der Waals surface area contributed by atoms with Crippen molar-refractivity contribution in [1.29, 1.82) is 0 Å². The maximum absolute atomic E-state index is 8.38. The van der Waals surface area contributed by atoms with Crippen LogP contribution in [0.15, 0.2) is 0 Å².